The van der Waals surface area contributed by atoms with Gasteiger partial charge in [-0.15, -0.1) is 0 Å². The van der Waals surface area contributed by atoms with E-state index in [1.165, 1.54) is 61.2 Å². The van der Waals surface area contributed by atoms with Crippen molar-refractivity contribution in [3.63, 3.8) is 0 Å². The molecule has 0 bridgehead atoms. The van der Waals surface area contributed by atoms with Crippen LogP contribution in [-0.2, 0) is 22.7 Å². The van der Waals surface area contributed by atoms with Crippen LogP contribution in [0.2, 0.25) is 0 Å². The molecule has 1 saturated carbocycles. The second-order valence-corrected chi connectivity index (χ2v) is 13.2. The normalized spacial score (nSPS) is 38.2. The number of hydrogen-bond donors (Lipinski definition) is 2. The molecule has 4 heterocycles. The van der Waals surface area contributed by atoms with Crippen LogP contribution >= 0.6 is 0 Å². The summed E-state index contributed by atoms with van der Waals surface area (Å²) in [6.45, 7) is 2.28. The molecule has 0 spiro atoms. The Morgan fingerprint density at radius 1 is 0.684 bits per heavy atom. The molecule has 0 aromatic heterocycles. The number of para-hydroxylation sites is 2. The molecule has 0 amide bonds. The van der Waals surface area contributed by atoms with Gasteiger partial charge in [0, 0.05) is 35.3 Å². The van der Waals surface area contributed by atoms with E-state index in [9.17, 15) is 0 Å². The maximum atomic E-state index is 4.28. The highest BCUT2D eigenvalue weighted by Crippen LogP contribution is 2.70. The number of benzene rings is 3. The lowest BCUT2D eigenvalue weighted by molar-refractivity contribution is 0.142. The standard InChI is InChI=1S/C34H38N4/c1-37-19-17-32(25-12-5-6-15-28(25)35-30(32)37)26-13-7-14-27-29(26)36-31-34(27,18-20-38(31)2)33-16-8-10-23(33)21-22-9-3-4-11-24(22)33/h3-7,9,11-15,23,30-31,35-36H,8,10,16-21H2,1-2H3/t23-,30+,31-,32+,33+,34+/m0/s1. The van der Waals surface area contributed by atoms with Gasteiger partial charge in [-0.05, 0) is 86.0 Å². The molecule has 4 heteroatoms. The Morgan fingerprint density at radius 3 is 2.34 bits per heavy atom. The monoisotopic (exact) mass is 502 g/mol. The maximum Gasteiger partial charge on any atom is 0.0933 e. The molecule has 3 aromatic rings. The molecule has 38 heavy (non-hydrogen) atoms. The van der Waals surface area contributed by atoms with E-state index in [0.717, 1.165) is 18.9 Å². The Morgan fingerprint density at radius 2 is 1.42 bits per heavy atom. The summed E-state index contributed by atoms with van der Waals surface area (Å²) in [6.07, 6.45) is 8.36. The number of fused-ring (bicyclic) bond motifs is 10. The van der Waals surface area contributed by atoms with Crippen LogP contribution in [0.25, 0.3) is 0 Å². The van der Waals surface area contributed by atoms with E-state index in [1.807, 2.05) is 0 Å². The lowest BCUT2D eigenvalue weighted by Crippen LogP contribution is -2.56. The lowest BCUT2D eigenvalue weighted by Gasteiger charge is -2.49. The first-order chi connectivity index (χ1) is 18.6. The van der Waals surface area contributed by atoms with Crippen molar-refractivity contribution < 1.29 is 0 Å². The van der Waals surface area contributed by atoms with Crippen LogP contribution in [0.5, 0.6) is 0 Å². The molecule has 2 aliphatic carbocycles. The number of rotatable bonds is 2. The van der Waals surface area contributed by atoms with E-state index < -0.39 is 0 Å². The van der Waals surface area contributed by atoms with Gasteiger partial charge in [-0.1, -0.05) is 67.1 Å². The van der Waals surface area contributed by atoms with Gasteiger partial charge in [-0.3, -0.25) is 9.80 Å². The highest BCUT2D eigenvalue weighted by molar-refractivity contribution is 5.77. The number of anilines is 2. The summed E-state index contributed by atoms with van der Waals surface area (Å²) in [4.78, 5) is 5.18. The Balaban J connectivity index is 1.31. The zero-order valence-electron chi connectivity index (χ0n) is 22.6. The van der Waals surface area contributed by atoms with E-state index in [1.54, 1.807) is 16.7 Å². The molecule has 0 unspecified atom stereocenters. The molecule has 4 aliphatic heterocycles. The predicted molar refractivity (Wildman–Crippen MR) is 154 cm³/mol. The molecule has 2 saturated heterocycles. The summed E-state index contributed by atoms with van der Waals surface area (Å²) in [7, 11) is 4.66. The Kier molecular flexibility index (Phi) is 4.19. The summed E-state index contributed by atoms with van der Waals surface area (Å²) < 4.78 is 0. The van der Waals surface area contributed by atoms with E-state index in [-0.39, 0.29) is 16.2 Å². The molecule has 0 radical (unpaired) electrons. The quantitative estimate of drug-likeness (QED) is 0.472. The van der Waals surface area contributed by atoms with Gasteiger partial charge in [0.25, 0.3) is 0 Å². The smallest absolute Gasteiger partial charge is 0.0933 e. The zero-order valence-corrected chi connectivity index (χ0v) is 22.6. The topological polar surface area (TPSA) is 30.5 Å². The molecule has 4 nitrogen and oxygen atoms in total. The first kappa shape index (κ1) is 22.0. The second-order valence-electron chi connectivity index (χ2n) is 13.2. The lowest BCUT2D eigenvalue weighted by atomic mass is 9.53. The first-order valence-corrected chi connectivity index (χ1v) is 14.9. The van der Waals surface area contributed by atoms with Crippen molar-refractivity contribution in [1.82, 2.24) is 9.80 Å². The summed E-state index contributed by atoms with van der Waals surface area (Å²) in [5, 5.41) is 8.22. The van der Waals surface area contributed by atoms with Crippen molar-refractivity contribution in [1.29, 1.82) is 0 Å². The van der Waals surface area contributed by atoms with Gasteiger partial charge in [0.2, 0.25) is 0 Å². The minimum absolute atomic E-state index is 0.0254. The van der Waals surface area contributed by atoms with Gasteiger partial charge >= 0.3 is 0 Å². The molecule has 194 valence electrons. The largest absolute Gasteiger partial charge is 0.368 e. The van der Waals surface area contributed by atoms with Crippen molar-refractivity contribution in [2.24, 2.45) is 5.92 Å². The van der Waals surface area contributed by atoms with Gasteiger partial charge in [-0.25, -0.2) is 0 Å². The highest BCUT2D eigenvalue weighted by atomic mass is 15.3. The third-order valence-electron chi connectivity index (χ3n) is 12.1. The molecular formula is C34H38N4. The second kappa shape index (κ2) is 7.22. The van der Waals surface area contributed by atoms with Crippen molar-refractivity contribution in [2.75, 3.05) is 37.8 Å². The van der Waals surface area contributed by atoms with Crippen molar-refractivity contribution in [3.05, 3.63) is 94.5 Å². The van der Waals surface area contributed by atoms with Crippen molar-refractivity contribution >= 4 is 11.4 Å². The van der Waals surface area contributed by atoms with Crippen LogP contribution in [0.4, 0.5) is 11.4 Å². The summed E-state index contributed by atoms with van der Waals surface area (Å²) in [5.41, 5.74) is 11.0. The van der Waals surface area contributed by atoms with E-state index in [0.29, 0.717) is 12.3 Å². The minimum atomic E-state index is -0.0254. The minimum Gasteiger partial charge on any atom is -0.368 e. The Hall–Kier alpha value is -2.82. The number of nitrogens with one attached hydrogen (secondary N) is 2. The number of nitrogens with zero attached hydrogens (tertiary/aromatic N) is 2. The van der Waals surface area contributed by atoms with Crippen LogP contribution in [0, 0.1) is 5.92 Å². The van der Waals surface area contributed by atoms with Crippen LogP contribution < -0.4 is 10.6 Å². The zero-order chi connectivity index (χ0) is 25.3. The van der Waals surface area contributed by atoms with Crippen LogP contribution in [0.3, 0.4) is 0 Å². The number of likely N-dealkylation sites (tertiary alicyclic amines) is 2. The molecule has 6 aliphatic rings. The van der Waals surface area contributed by atoms with Gasteiger partial charge < -0.3 is 10.6 Å². The average molecular weight is 503 g/mol. The summed E-state index contributed by atoms with van der Waals surface area (Å²) >= 11 is 0. The first-order valence-electron chi connectivity index (χ1n) is 14.9. The van der Waals surface area contributed by atoms with Crippen LogP contribution in [0.1, 0.15) is 59.9 Å². The van der Waals surface area contributed by atoms with Gasteiger partial charge in [-0.2, -0.15) is 0 Å². The van der Waals surface area contributed by atoms with Crippen LogP contribution in [-0.4, -0.2) is 49.3 Å². The fourth-order valence-electron chi connectivity index (χ4n) is 10.8. The van der Waals surface area contributed by atoms with Crippen molar-refractivity contribution in [2.45, 2.75) is 67.1 Å². The molecule has 9 rings (SSSR count). The third kappa shape index (κ3) is 2.26. The number of hydrogen-bond acceptors (Lipinski definition) is 4. The van der Waals surface area contributed by atoms with Gasteiger partial charge in [0.1, 0.15) is 0 Å². The van der Waals surface area contributed by atoms with Gasteiger partial charge in [0.15, 0.2) is 0 Å². The van der Waals surface area contributed by atoms with E-state index in [2.05, 4.69) is 101 Å². The highest BCUT2D eigenvalue weighted by Gasteiger charge is 2.70. The van der Waals surface area contributed by atoms with E-state index in [4.69, 9.17) is 0 Å². The molecule has 2 N–H and O–H groups in total. The SMILES string of the molecule is CN1CC[C@]2(c3cccc4c3N[C@H]3N(C)CC[C@@]43[C@]34CCC[C@H]3Cc3ccccc34)c3ccccc3N[C@H]12. The molecular weight excluding hydrogens is 464 g/mol. The fourth-order valence-corrected chi connectivity index (χ4v) is 10.8. The predicted octanol–water partition coefficient (Wildman–Crippen LogP) is 5.68. The summed E-state index contributed by atoms with van der Waals surface area (Å²) in [5.74, 6) is 0.753. The maximum absolute atomic E-state index is 4.28. The average Bonchev–Trinajstić information content (AvgIpc) is 3.75. The van der Waals surface area contributed by atoms with Gasteiger partial charge in [0.05, 0.1) is 17.7 Å². The molecule has 6 atom stereocenters. The fraction of sp³-hybridized carbons (Fsp3) is 0.471. The molecule has 3 fully saturated rings. The Labute approximate surface area is 226 Å². The molecule has 3 aromatic carbocycles. The number of likely N-dealkylation sites (N-methyl/N-ethyl adjacent to an activating group) is 2. The van der Waals surface area contributed by atoms with E-state index >= 15 is 0 Å². The summed E-state index contributed by atoms with van der Waals surface area (Å²) in [6, 6.07) is 26.0. The third-order valence-corrected chi connectivity index (χ3v) is 12.1. The van der Waals surface area contributed by atoms with Crippen molar-refractivity contribution in [3.8, 4) is 0 Å². The Bertz CT molecular complexity index is 1480. The van der Waals surface area contributed by atoms with Crippen LogP contribution in [0.15, 0.2) is 66.7 Å².